The van der Waals surface area contributed by atoms with Gasteiger partial charge in [0.05, 0.1) is 13.2 Å². The Hall–Kier alpha value is -1.10. The van der Waals surface area contributed by atoms with Gasteiger partial charge >= 0.3 is 0 Å². The largest absolute Gasteiger partial charge is 0.380 e. The summed E-state index contributed by atoms with van der Waals surface area (Å²) in [5.74, 6) is 0.117. The molecule has 18 heavy (non-hydrogen) atoms. The summed E-state index contributed by atoms with van der Waals surface area (Å²) in [5.41, 5.74) is 0.140. The Bertz CT molecular complexity index is 288. The van der Waals surface area contributed by atoms with Crippen LogP contribution in [0.3, 0.4) is 0 Å². The Morgan fingerprint density at radius 2 is 1.89 bits per heavy atom. The second kappa shape index (κ2) is 7.36. The third kappa shape index (κ3) is 6.00. The zero-order valence-electron chi connectivity index (χ0n) is 11.4. The fraction of sp³-hybridized carbons (Fsp3) is 0.846. The molecule has 2 amide bonds. The SMILES string of the molecule is CC(=O)NCCCCCC(=O)NCC1(C)COC1. The number of hydrogen-bond acceptors (Lipinski definition) is 3. The number of nitrogens with one attached hydrogen (secondary N) is 2. The zero-order valence-corrected chi connectivity index (χ0v) is 11.4. The van der Waals surface area contributed by atoms with Crippen molar-refractivity contribution in [2.75, 3.05) is 26.3 Å². The maximum atomic E-state index is 11.5. The summed E-state index contributed by atoms with van der Waals surface area (Å²) in [4.78, 5) is 22.2. The molecule has 0 aromatic carbocycles. The number of rotatable bonds is 8. The first kappa shape index (κ1) is 15.0. The lowest BCUT2D eigenvalue weighted by atomic mass is 9.89. The molecule has 0 aromatic heterocycles. The molecule has 0 saturated carbocycles. The highest BCUT2D eigenvalue weighted by molar-refractivity contribution is 5.75. The standard InChI is InChI=1S/C13H24N2O3/c1-11(16)14-7-5-3-4-6-12(17)15-8-13(2)9-18-10-13/h3-10H2,1-2H3,(H,14,16)(H,15,17). The van der Waals surface area contributed by atoms with Gasteiger partial charge in [0, 0.05) is 31.8 Å². The van der Waals surface area contributed by atoms with Gasteiger partial charge in [0.1, 0.15) is 0 Å². The highest BCUT2D eigenvalue weighted by Gasteiger charge is 2.33. The van der Waals surface area contributed by atoms with E-state index in [4.69, 9.17) is 4.74 Å². The van der Waals surface area contributed by atoms with Crippen LogP contribution in [0.5, 0.6) is 0 Å². The van der Waals surface area contributed by atoms with E-state index in [0.717, 1.165) is 32.5 Å². The second-order valence-electron chi connectivity index (χ2n) is 5.37. The Balaban J connectivity index is 1.92. The minimum Gasteiger partial charge on any atom is -0.380 e. The van der Waals surface area contributed by atoms with E-state index >= 15 is 0 Å². The summed E-state index contributed by atoms with van der Waals surface area (Å²) in [6.07, 6.45) is 3.34. The lowest BCUT2D eigenvalue weighted by molar-refractivity contribution is -0.127. The maximum absolute atomic E-state index is 11.5. The molecule has 0 bridgehead atoms. The van der Waals surface area contributed by atoms with Gasteiger partial charge in [-0.1, -0.05) is 13.3 Å². The third-order valence-electron chi connectivity index (χ3n) is 3.07. The van der Waals surface area contributed by atoms with Crippen LogP contribution < -0.4 is 10.6 Å². The molecule has 0 atom stereocenters. The Kier molecular flexibility index (Phi) is 6.12. The van der Waals surface area contributed by atoms with Gasteiger partial charge in [-0.2, -0.15) is 0 Å². The average molecular weight is 256 g/mol. The topological polar surface area (TPSA) is 67.4 Å². The molecule has 0 unspecified atom stereocenters. The quantitative estimate of drug-likeness (QED) is 0.632. The average Bonchev–Trinajstić information content (AvgIpc) is 2.28. The summed E-state index contributed by atoms with van der Waals surface area (Å²) >= 11 is 0. The molecule has 1 aliphatic heterocycles. The van der Waals surface area contributed by atoms with Gasteiger partial charge in [0.15, 0.2) is 0 Å². The fourth-order valence-electron chi connectivity index (χ4n) is 1.80. The van der Waals surface area contributed by atoms with Crippen molar-refractivity contribution in [3.63, 3.8) is 0 Å². The zero-order chi connectivity index (χ0) is 13.4. The second-order valence-corrected chi connectivity index (χ2v) is 5.37. The number of carbonyl (C=O) groups is 2. The van der Waals surface area contributed by atoms with E-state index in [-0.39, 0.29) is 17.2 Å². The molecule has 1 rings (SSSR count). The van der Waals surface area contributed by atoms with Gasteiger partial charge in [-0.3, -0.25) is 9.59 Å². The molecule has 1 fully saturated rings. The molecular formula is C13H24N2O3. The van der Waals surface area contributed by atoms with Crippen molar-refractivity contribution >= 4 is 11.8 Å². The lowest BCUT2D eigenvalue weighted by Crippen LogP contribution is -2.48. The minimum absolute atomic E-state index is 0.00343. The van der Waals surface area contributed by atoms with Crippen LogP contribution in [0.1, 0.15) is 39.5 Å². The first-order valence-corrected chi connectivity index (χ1v) is 6.61. The van der Waals surface area contributed by atoms with Crippen LogP contribution in [0.2, 0.25) is 0 Å². The van der Waals surface area contributed by atoms with Crippen LogP contribution in [-0.4, -0.2) is 38.1 Å². The Morgan fingerprint density at radius 3 is 2.44 bits per heavy atom. The van der Waals surface area contributed by atoms with Crippen LogP contribution in [0.15, 0.2) is 0 Å². The van der Waals surface area contributed by atoms with Gasteiger partial charge in [0.2, 0.25) is 11.8 Å². The van der Waals surface area contributed by atoms with E-state index < -0.39 is 0 Å². The van der Waals surface area contributed by atoms with Gasteiger partial charge in [-0.05, 0) is 12.8 Å². The van der Waals surface area contributed by atoms with Gasteiger partial charge in [0.25, 0.3) is 0 Å². The van der Waals surface area contributed by atoms with E-state index in [1.807, 2.05) is 0 Å². The molecule has 1 heterocycles. The van der Waals surface area contributed by atoms with Crippen LogP contribution in [0.25, 0.3) is 0 Å². The number of unbranched alkanes of at least 4 members (excludes halogenated alkanes) is 2. The molecule has 0 spiro atoms. The molecule has 2 N–H and O–H groups in total. The summed E-state index contributed by atoms with van der Waals surface area (Å²) in [7, 11) is 0. The molecule has 1 saturated heterocycles. The summed E-state index contributed by atoms with van der Waals surface area (Å²) in [6.45, 7) is 6.51. The first-order valence-electron chi connectivity index (χ1n) is 6.61. The van der Waals surface area contributed by atoms with Crippen LogP contribution in [-0.2, 0) is 14.3 Å². The summed E-state index contributed by atoms with van der Waals surface area (Å²) in [5, 5.41) is 5.69. The summed E-state index contributed by atoms with van der Waals surface area (Å²) in [6, 6.07) is 0. The third-order valence-corrected chi connectivity index (χ3v) is 3.07. The van der Waals surface area contributed by atoms with Gasteiger partial charge in [-0.25, -0.2) is 0 Å². The highest BCUT2D eigenvalue weighted by Crippen LogP contribution is 2.25. The molecule has 5 nitrogen and oxygen atoms in total. The number of ether oxygens (including phenoxy) is 1. The first-order chi connectivity index (χ1) is 8.52. The molecule has 1 aliphatic rings. The normalized spacial score (nSPS) is 16.8. The maximum Gasteiger partial charge on any atom is 0.220 e. The molecule has 5 heteroatoms. The van der Waals surface area contributed by atoms with Crippen LogP contribution in [0, 0.1) is 5.41 Å². The van der Waals surface area contributed by atoms with Crippen LogP contribution >= 0.6 is 0 Å². The van der Waals surface area contributed by atoms with Crippen molar-refractivity contribution in [1.29, 1.82) is 0 Å². The van der Waals surface area contributed by atoms with Crippen molar-refractivity contribution in [2.24, 2.45) is 5.41 Å². The number of carbonyl (C=O) groups excluding carboxylic acids is 2. The molecule has 0 aromatic rings. The van der Waals surface area contributed by atoms with Gasteiger partial charge < -0.3 is 15.4 Å². The molecule has 0 aliphatic carbocycles. The predicted molar refractivity (Wildman–Crippen MR) is 69.1 cm³/mol. The minimum atomic E-state index is 0.00343. The monoisotopic (exact) mass is 256 g/mol. The van der Waals surface area contributed by atoms with E-state index in [1.54, 1.807) is 0 Å². The molecule has 0 radical (unpaired) electrons. The Morgan fingerprint density at radius 1 is 1.17 bits per heavy atom. The van der Waals surface area contributed by atoms with E-state index in [1.165, 1.54) is 6.92 Å². The fourth-order valence-corrected chi connectivity index (χ4v) is 1.80. The van der Waals surface area contributed by atoms with Crippen LogP contribution in [0.4, 0.5) is 0 Å². The Labute approximate surface area is 109 Å². The van der Waals surface area contributed by atoms with Crippen molar-refractivity contribution in [3.05, 3.63) is 0 Å². The van der Waals surface area contributed by atoms with E-state index in [0.29, 0.717) is 19.5 Å². The van der Waals surface area contributed by atoms with Crippen molar-refractivity contribution in [3.8, 4) is 0 Å². The lowest BCUT2D eigenvalue weighted by Gasteiger charge is -2.38. The summed E-state index contributed by atoms with van der Waals surface area (Å²) < 4.78 is 5.13. The van der Waals surface area contributed by atoms with Crippen molar-refractivity contribution in [1.82, 2.24) is 10.6 Å². The number of hydrogen-bond donors (Lipinski definition) is 2. The van der Waals surface area contributed by atoms with E-state index in [2.05, 4.69) is 17.6 Å². The predicted octanol–water partition coefficient (Wildman–Crippen LogP) is 0.836. The smallest absolute Gasteiger partial charge is 0.220 e. The highest BCUT2D eigenvalue weighted by atomic mass is 16.5. The molecule has 104 valence electrons. The number of amides is 2. The van der Waals surface area contributed by atoms with Crippen molar-refractivity contribution in [2.45, 2.75) is 39.5 Å². The molecular weight excluding hydrogens is 232 g/mol. The van der Waals surface area contributed by atoms with Gasteiger partial charge in [-0.15, -0.1) is 0 Å². The van der Waals surface area contributed by atoms with Crippen molar-refractivity contribution < 1.29 is 14.3 Å². The van der Waals surface area contributed by atoms with E-state index in [9.17, 15) is 9.59 Å².